The fourth-order valence-electron chi connectivity index (χ4n) is 2.25. The first-order valence-electron chi connectivity index (χ1n) is 7.11. The van der Waals surface area contributed by atoms with E-state index >= 15 is 0 Å². The molecule has 0 amide bonds. The minimum Gasteiger partial charge on any atom is -0.374 e. The fourth-order valence-corrected chi connectivity index (χ4v) is 2.47. The molecule has 0 spiro atoms. The lowest BCUT2D eigenvalue weighted by molar-refractivity contribution is -0.0379. The SMILES string of the molecule is CCCNC(Cc1cccc(Cl)c1)C(C)(C)OCC. The summed E-state index contributed by atoms with van der Waals surface area (Å²) in [6.07, 6.45) is 2.04. The van der Waals surface area contributed by atoms with E-state index in [2.05, 4.69) is 32.2 Å². The molecule has 0 saturated heterocycles. The lowest BCUT2D eigenvalue weighted by Gasteiger charge is -2.35. The van der Waals surface area contributed by atoms with Crippen molar-refractivity contribution >= 4 is 11.6 Å². The highest BCUT2D eigenvalue weighted by atomic mass is 35.5. The van der Waals surface area contributed by atoms with Crippen molar-refractivity contribution < 1.29 is 4.74 Å². The number of ether oxygens (including phenoxy) is 1. The van der Waals surface area contributed by atoms with E-state index in [9.17, 15) is 0 Å². The van der Waals surface area contributed by atoms with Crippen LogP contribution in [0, 0.1) is 0 Å². The molecular formula is C16H26ClNO. The molecule has 0 radical (unpaired) electrons. The van der Waals surface area contributed by atoms with Crippen molar-refractivity contribution in [3.63, 3.8) is 0 Å². The highest BCUT2D eigenvalue weighted by molar-refractivity contribution is 6.30. The zero-order valence-electron chi connectivity index (χ0n) is 12.5. The molecule has 0 bridgehead atoms. The minimum atomic E-state index is -0.188. The van der Waals surface area contributed by atoms with Crippen LogP contribution in [0.3, 0.4) is 0 Å². The minimum absolute atomic E-state index is 0.188. The lowest BCUT2D eigenvalue weighted by atomic mass is 9.92. The quantitative estimate of drug-likeness (QED) is 0.777. The molecule has 1 N–H and O–H groups in total. The van der Waals surface area contributed by atoms with Crippen LogP contribution < -0.4 is 5.32 Å². The zero-order chi connectivity index (χ0) is 14.3. The molecule has 0 fully saturated rings. The molecule has 3 heteroatoms. The van der Waals surface area contributed by atoms with Gasteiger partial charge in [-0.15, -0.1) is 0 Å². The molecule has 1 aromatic rings. The number of hydrogen-bond donors (Lipinski definition) is 1. The molecule has 2 nitrogen and oxygen atoms in total. The van der Waals surface area contributed by atoms with Gasteiger partial charge in [-0.3, -0.25) is 0 Å². The summed E-state index contributed by atoms with van der Waals surface area (Å²) in [5, 5.41) is 4.39. The van der Waals surface area contributed by atoms with Crippen molar-refractivity contribution in [1.82, 2.24) is 5.32 Å². The Kier molecular flexibility index (Phi) is 6.84. The normalized spacial score (nSPS) is 13.5. The van der Waals surface area contributed by atoms with Crippen molar-refractivity contribution in [1.29, 1.82) is 0 Å². The van der Waals surface area contributed by atoms with Crippen LogP contribution in [0.5, 0.6) is 0 Å². The van der Waals surface area contributed by atoms with Gasteiger partial charge in [-0.25, -0.2) is 0 Å². The Balaban J connectivity index is 2.79. The maximum absolute atomic E-state index is 6.06. The van der Waals surface area contributed by atoms with Gasteiger partial charge in [0, 0.05) is 17.7 Å². The first-order chi connectivity index (χ1) is 8.99. The Morgan fingerprint density at radius 3 is 2.63 bits per heavy atom. The van der Waals surface area contributed by atoms with E-state index in [4.69, 9.17) is 16.3 Å². The second-order valence-electron chi connectivity index (χ2n) is 5.38. The standard InChI is InChI=1S/C16H26ClNO/c1-5-10-18-15(16(3,4)19-6-2)12-13-8-7-9-14(17)11-13/h7-9,11,15,18H,5-6,10,12H2,1-4H3. The van der Waals surface area contributed by atoms with Gasteiger partial charge in [0.05, 0.1) is 5.60 Å². The second kappa shape index (κ2) is 7.88. The van der Waals surface area contributed by atoms with Crippen molar-refractivity contribution in [2.24, 2.45) is 0 Å². The lowest BCUT2D eigenvalue weighted by Crippen LogP contribution is -2.50. The van der Waals surface area contributed by atoms with E-state index in [0.717, 1.165) is 31.0 Å². The molecule has 108 valence electrons. The monoisotopic (exact) mass is 283 g/mol. The zero-order valence-corrected chi connectivity index (χ0v) is 13.3. The van der Waals surface area contributed by atoms with E-state index in [1.165, 1.54) is 5.56 Å². The number of halogens is 1. The molecular weight excluding hydrogens is 258 g/mol. The Labute approximate surface area is 122 Å². The van der Waals surface area contributed by atoms with Gasteiger partial charge in [0.1, 0.15) is 0 Å². The van der Waals surface area contributed by atoms with Gasteiger partial charge in [-0.2, -0.15) is 0 Å². The Bertz CT molecular complexity index is 379. The predicted octanol–water partition coefficient (Wildman–Crippen LogP) is 4.07. The van der Waals surface area contributed by atoms with Crippen molar-refractivity contribution in [3.05, 3.63) is 34.9 Å². The molecule has 0 aliphatic carbocycles. The average molecular weight is 284 g/mol. The van der Waals surface area contributed by atoms with Crippen LogP contribution in [0.4, 0.5) is 0 Å². The molecule has 0 aliphatic heterocycles. The van der Waals surface area contributed by atoms with E-state index in [1.807, 2.05) is 25.1 Å². The number of hydrogen-bond acceptors (Lipinski definition) is 2. The maximum atomic E-state index is 6.06. The molecule has 0 aliphatic rings. The molecule has 0 heterocycles. The smallest absolute Gasteiger partial charge is 0.0781 e. The van der Waals surface area contributed by atoms with Crippen LogP contribution in [-0.2, 0) is 11.2 Å². The Hall–Kier alpha value is -0.570. The summed E-state index contributed by atoms with van der Waals surface area (Å²) in [5.41, 5.74) is 1.06. The van der Waals surface area contributed by atoms with E-state index in [-0.39, 0.29) is 11.6 Å². The summed E-state index contributed by atoms with van der Waals surface area (Å²) in [5.74, 6) is 0. The number of benzene rings is 1. The van der Waals surface area contributed by atoms with Crippen molar-refractivity contribution in [3.8, 4) is 0 Å². The van der Waals surface area contributed by atoms with Crippen LogP contribution in [0.25, 0.3) is 0 Å². The topological polar surface area (TPSA) is 21.3 Å². The first-order valence-corrected chi connectivity index (χ1v) is 7.49. The molecule has 19 heavy (non-hydrogen) atoms. The number of rotatable bonds is 8. The van der Waals surface area contributed by atoms with Crippen molar-refractivity contribution in [2.45, 2.75) is 52.2 Å². The third kappa shape index (κ3) is 5.52. The van der Waals surface area contributed by atoms with Crippen LogP contribution in [0.15, 0.2) is 24.3 Å². The van der Waals surface area contributed by atoms with Gasteiger partial charge < -0.3 is 10.1 Å². The second-order valence-corrected chi connectivity index (χ2v) is 5.81. The Morgan fingerprint density at radius 1 is 1.32 bits per heavy atom. The predicted molar refractivity (Wildman–Crippen MR) is 82.9 cm³/mol. The van der Waals surface area contributed by atoms with E-state index in [1.54, 1.807) is 0 Å². The fraction of sp³-hybridized carbons (Fsp3) is 0.625. The summed E-state index contributed by atoms with van der Waals surface area (Å²) >= 11 is 6.06. The maximum Gasteiger partial charge on any atom is 0.0781 e. The molecule has 1 rings (SSSR count). The molecule has 0 aromatic heterocycles. The first kappa shape index (κ1) is 16.5. The highest BCUT2D eigenvalue weighted by Gasteiger charge is 2.29. The summed E-state index contributed by atoms with van der Waals surface area (Å²) in [7, 11) is 0. The van der Waals surface area contributed by atoms with E-state index in [0.29, 0.717) is 0 Å². The van der Waals surface area contributed by atoms with Gasteiger partial charge in [-0.05, 0) is 57.9 Å². The van der Waals surface area contributed by atoms with Crippen molar-refractivity contribution in [2.75, 3.05) is 13.2 Å². The molecule has 1 atom stereocenters. The molecule has 1 unspecified atom stereocenters. The summed E-state index contributed by atoms with van der Waals surface area (Å²) in [6.45, 7) is 10.2. The largest absolute Gasteiger partial charge is 0.374 e. The highest BCUT2D eigenvalue weighted by Crippen LogP contribution is 2.20. The van der Waals surface area contributed by atoms with Gasteiger partial charge in [-0.1, -0.05) is 30.7 Å². The number of nitrogens with one attached hydrogen (secondary N) is 1. The van der Waals surface area contributed by atoms with Gasteiger partial charge in [0.15, 0.2) is 0 Å². The van der Waals surface area contributed by atoms with Crippen LogP contribution >= 0.6 is 11.6 Å². The summed E-state index contributed by atoms with van der Waals surface area (Å²) < 4.78 is 5.90. The summed E-state index contributed by atoms with van der Waals surface area (Å²) in [4.78, 5) is 0. The summed E-state index contributed by atoms with van der Waals surface area (Å²) in [6, 6.07) is 8.35. The van der Waals surface area contributed by atoms with Gasteiger partial charge in [0.2, 0.25) is 0 Å². The molecule has 0 saturated carbocycles. The Morgan fingerprint density at radius 2 is 2.05 bits per heavy atom. The van der Waals surface area contributed by atoms with Crippen LogP contribution in [0.2, 0.25) is 5.02 Å². The average Bonchev–Trinajstić information content (AvgIpc) is 2.34. The van der Waals surface area contributed by atoms with Crippen LogP contribution in [0.1, 0.15) is 39.7 Å². The van der Waals surface area contributed by atoms with Crippen LogP contribution in [-0.4, -0.2) is 24.8 Å². The van der Waals surface area contributed by atoms with E-state index < -0.39 is 0 Å². The third-order valence-corrected chi connectivity index (χ3v) is 3.56. The third-order valence-electron chi connectivity index (χ3n) is 3.33. The van der Waals surface area contributed by atoms with Gasteiger partial charge in [0.25, 0.3) is 0 Å². The van der Waals surface area contributed by atoms with Gasteiger partial charge >= 0.3 is 0 Å². The molecule has 1 aromatic carbocycles.